The van der Waals surface area contributed by atoms with E-state index in [1.54, 1.807) is 12.1 Å². The number of hydrogen-bond acceptors (Lipinski definition) is 5. The van der Waals surface area contributed by atoms with Crippen LogP contribution < -0.4 is 15.2 Å². The summed E-state index contributed by atoms with van der Waals surface area (Å²) in [5, 5.41) is 21.8. The smallest absolute Gasteiger partial charge is 0.205 e. The fourth-order valence-electron chi connectivity index (χ4n) is 4.12. The quantitative estimate of drug-likeness (QED) is 0.465. The normalized spacial score (nSPS) is 15.0. The van der Waals surface area contributed by atoms with Crippen molar-refractivity contribution in [2.45, 2.75) is 12.5 Å². The van der Waals surface area contributed by atoms with Crippen molar-refractivity contribution in [2.24, 2.45) is 5.73 Å². The van der Waals surface area contributed by atoms with Crippen LogP contribution in [0.3, 0.4) is 0 Å². The molecule has 5 heteroatoms. The zero-order valence-corrected chi connectivity index (χ0v) is 17.2. The Balaban J connectivity index is 1.42. The van der Waals surface area contributed by atoms with Crippen molar-refractivity contribution in [2.75, 3.05) is 0 Å². The number of rotatable bonds is 4. The van der Waals surface area contributed by atoms with Crippen LogP contribution in [0.15, 0.2) is 96.4 Å². The van der Waals surface area contributed by atoms with Crippen molar-refractivity contribution in [3.63, 3.8) is 0 Å². The molecular weight excluding hydrogens is 400 g/mol. The molecule has 5 rings (SSSR count). The molecule has 32 heavy (non-hydrogen) atoms. The van der Waals surface area contributed by atoms with Gasteiger partial charge in [-0.25, -0.2) is 0 Å². The number of benzene rings is 4. The number of ether oxygens (including phenoxy) is 2. The summed E-state index contributed by atoms with van der Waals surface area (Å²) in [5.41, 5.74) is 9.12. The van der Waals surface area contributed by atoms with E-state index in [1.807, 2.05) is 42.5 Å². The highest BCUT2D eigenvalue weighted by Gasteiger charge is 2.30. The van der Waals surface area contributed by atoms with E-state index >= 15 is 0 Å². The molecule has 0 spiro atoms. The second kappa shape index (κ2) is 8.01. The molecule has 0 saturated carbocycles. The van der Waals surface area contributed by atoms with Crippen LogP contribution in [0.1, 0.15) is 22.6 Å². The SMILES string of the molecule is N#CC1=C(N)Oc2cc(O)ccc2[C@H]1c1ccc(OCc2cccc3ccccc23)cc1. The number of phenolic OH excluding ortho intramolecular Hbond substituents is 1. The van der Waals surface area contributed by atoms with E-state index < -0.39 is 0 Å². The molecule has 4 aromatic rings. The molecule has 1 heterocycles. The fraction of sp³-hybridized carbons (Fsp3) is 0.0741. The average molecular weight is 420 g/mol. The maximum Gasteiger partial charge on any atom is 0.205 e. The van der Waals surface area contributed by atoms with Crippen molar-refractivity contribution in [1.29, 1.82) is 5.26 Å². The second-order valence-corrected chi connectivity index (χ2v) is 7.64. The van der Waals surface area contributed by atoms with Crippen molar-refractivity contribution >= 4 is 10.8 Å². The van der Waals surface area contributed by atoms with Gasteiger partial charge in [0.25, 0.3) is 0 Å². The third-order valence-corrected chi connectivity index (χ3v) is 5.69. The van der Waals surface area contributed by atoms with Gasteiger partial charge in [-0.05, 0) is 40.1 Å². The Bertz CT molecular complexity index is 1380. The van der Waals surface area contributed by atoms with Crippen LogP contribution in [0, 0.1) is 11.3 Å². The molecule has 0 aliphatic carbocycles. The number of hydrogen-bond donors (Lipinski definition) is 2. The number of aromatic hydroxyl groups is 1. The number of fused-ring (bicyclic) bond motifs is 2. The zero-order valence-electron chi connectivity index (χ0n) is 17.2. The van der Waals surface area contributed by atoms with Crippen molar-refractivity contribution < 1.29 is 14.6 Å². The van der Waals surface area contributed by atoms with Crippen LogP contribution in [0.2, 0.25) is 0 Å². The van der Waals surface area contributed by atoms with Crippen LogP contribution in [0.4, 0.5) is 0 Å². The summed E-state index contributed by atoms with van der Waals surface area (Å²) in [5.74, 6) is 0.925. The van der Waals surface area contributed by atoms with Gasteiger partial charge in [0.2, 0.25) is 5.88 Å². The maximum absolute atomic E-state index is 9.79. The predicted molar refractivity (Wildman–Crippen MR) is 122 cm³/mol. The van der Waals surface area contributed by atoms with Gasteiger partial charge >= 0.3 is 0 Å². The molecule has 0 radical (unpaired) electrons. The van der Waals surface area contributed by atoms with Crippen LogP contribution in [-0.2, 0) is 6.61 Å². The van der Waals surface area contributed by atoms with Gasteiger partial charge in [-0.15, -0.1) is 0 Å². The van der Waals surface area contributed by atoms with E-state index in [4.69, 9.17) is 15.2 Å². The lowest BCUT2D eigenvalue weighted by molar-refractivity contribution is 0.307. The number of nitrogens with zero attached hydrogens (tertiary/aromatic N) is 1. The van der Waals surface area contributed by atoms with Crippen molar-refractivity contribution in [3.8, 4) is 23.3 Å². The lowest BCUT2D eigenvalue weighted by Crippen LogP contribution is -2.20. The first-order chi connectivity index (χ1) is 15.6. The largest absolute Gasteiger partial charge is 0.508 e. The molecule has 0 aromatic heterocycles. The Morgan fingerprint density at radius 1 is 0.969 bits per heavy atom. The highest BCUT2D eigenvalue weighted by Crippen LogP contribution is 2.43. The number of phenols is 1. The van der Waals surface area contributed by atoms with E-state index in [2.05, 4.69) is 30.3 Å². The molecule has 3 N–H and O–H groups in total. The molecule has 0 bridgehead atoms. The third-order valence-electron chi connectivity index (χ3n) is 5.69. The summed E-state index contributed by atoms with van der Waals surface area (Å²) in [6, 6.07) is 29.1. The molecule has 1 atom stereocenters. The Morgan fingerprint density at radius 3 is 2.56 bits per heavy atom. The molecule has 1 aliphatic rings. The Kier molecular flexibility index (Phi) is 4.89. The predicted octanol–water partition coefficient (Wildman–Crippen LogP) is 5.34. The molecule has 0 amide bonds. The van der Waals surface area contributed by atoms with Gasteiger partial charge in [0, 0.05) is 11.6 Å². The van der Waals surface area contributed by atoms with Gasteiger partial charge in [-0.2, -0.15) is 5.26 Å². The molecule has 1 aliphatic heterocycles. The van der Waals surface area contributed by atoms with E-state index in [9.17, 15) is 10.4 Å². The first-order valence-corrected chi connectivity index (χ1v) is 10.2. The summed E-state index contributed by atoms with van der Waals surface area (Å²) in [6.07, 6.45) is 0. The Labute approximate surface area is 185 Å². The topological polar surface area (TPSA) is 88.5 Å². The summed E-state index contributed by atoms with van der Waals surface area (Å²) in [7, 11) is 0. The lowest BCUT2D eigenvalue weighted by atomic mass is 9.83. The molecule has 4 aromatic carbocycles. The molecule has 5 nitrogen and oxygen atoms in total. The fourth-order valence-corrected chi connectivity index (χ4v) is 4.12. The van der Waals surface area contributed by atoms with Crippen molar-refractivity contribution in [1.82, 2.24) is 0 Å². The second-order valence-electron chi connectivity index (χ2n) is 7.64. The van der Waals surface area contributed by atoms with E-state index in [1.165, 1.54) is 16.8 Å². The number of nitriles is 1. The Hall–Kier alpha value is -4.43. The first kappa shape index (κ1) is 19.5. The summed E-state index contributed by atoms with van der Waals surface area (Å²) >= 11 is 0. The molecule has 0 fully saturated rings. The van der Waals surface area contributed by atoms with Crippen molar-refractivity contribution in [3.05, 3.63) is 113 Å². The average Bonchev–Trinajstić information content (AvgIpc) is 2.82. The van der Waals surface area contributed by atoms with E-state index in [0.717, 1.165) is 22.4 Å². The Morgan fingerprint density at radius 2 is 1.75 bits per heavy atom. The molecule has 0 saturated heterocycles. The van der Waals surface area contributed by atoms with Gasteiger partial charge in [-0.3, -0.25) is 0 Å². The van der Waals surface area contributed by atoms with Gasteiger partial charge in [0.05, 0.1) is 5.92 Å². The van der Waals surface area contributed by atoms with Gasteiger partial charge in [0.1, 0.15) is 35.5 Å². The number of allylic oxidation sites excluding steroid dienone is 1. The number of nitrogens with two attached hydrogens (primary N) is 1. The van der Waals surface area contributed by atoms with Crippen LogP contribution in [0.5, 0.6) is 17.2 Å². The molecular formula is C27H20N2O3. The minimum atomic E-state index is -0.378. The van der Waals surface area contributed by atoms with Gasteiger partial charge in [0.15, 0.2) is 0 Å². The highest BCUT2D eigenvalue weighted by atomic mass is 16.5. The van der Waals surface area contributed by atoms with Gasteiger partial charge in [-0.1, -0.05) is 60.7 Å². The zero-order chi connectivity index (χ0) is 22.1. The minimum Gasteiger partial charge on any atom is -0.508 e. The first-order valence-electron chi connectivity index (χ1n) is 10.2. The standard InChI is InChI=1S/C27H20N2O3/c28-15-24-26(23-13-10-20(30)14-25(23)32-27(24)29)18-8-11-21(12-9-18)31-16-19-6-3-5-17-4-1-2-7-22(17)19/h1-14,26,30H,16,29H2/t26-/m1/s1. The van der Waals surface area contributed by atoms with Crippen LogP contribution in [-0.4, -0.2) is 5.11 Å². The van der Waals surface area contributed by atoms with Gasteiger partial charge < -0.3 is 20.3 Å². The van der Waals surface area contributed by atoms with Crippen LogP contribution >= 0.6 is 0 Å². The monoisotopic (exact) mass is 420 g/mol. The lowest BCUT2D eigenvalue weighted by Gasteiger charge is -2.26. The summed E-state index contributed by atoms with van der Waals surface area (Å²) in [6.45, 7) is 0.455. The highest BCUT2D eigenvalue weighted by molar-refractivity contribution is 5.85. The third kappa shape index (κ3) is 3.48. The van der Waals surface area contributed by atoms with E-state index in [0.29, 0.717) is 17.9 Å². The maximum atomic E-state index is 9.79. The molecule has 0 unspecified atom stereocenters. The van der Waals surface area contributed by atoms with Crippen LogP contribution in [0.25, 0.3) is 10.8 Å². The minimum absolute atomic E-state index is 0.0480. The molecule has 156 valence electrons. The van der Waals surface area contributed by atoms with E-state index in [-0.39, 0.29) is 17.6 Å². The summed E-state index contributed by atoms with van der Waals surface area (Å²) in [4.78, 5) is 0. The summed E-state index contributed by atoms with van der Waals surface area (Å²) < 4.78 is 11.6.